The van der Waals surface area contributed by atoms with Gasteiger partial charge in [-0.25, -0.2) is 0 Å². The van der Waals surface area contributed by atoms with E-state index in [4.69, 9.17) is 23.1 Å². The smallest absolute Gasteiger partial charge is 0.234 e. The molecule has 52 valence electrons. The second-order valence-electron chi connectivity index (χ2n) is 1.73. The van der Waals surface area contributed by atoms with Gasteiger partial charge in [0, 0.05) is 11.5 Å². The Morgan fingerprint density at radius 2 is 2.22 bits per heavy atom. The van der Waals surface area contributed by atoms with Crippen LogP contribution in [0.5, 0.6) is 0 Å². The zero-order valence-electron chi connectivity index (χ0n) is 4.93. The normalized spacial score (nSPS) is 12.7. The molecular formula is C5H9ClN2O. The lowest BCUT2D eigenvalue weighted by Crippen LogP contribution is -2.36. The van der Waals surface area contributed by atoms with Gasteiger partial charge in [-0.1, -0.05) is 18.2 Å². The van der Waals surface area contributed by atoms with Crippen molar-refractivity contribution >= 4 is 17.5 Å². The zero-order chi connectivity index (χ0) is 7.44. The zero-order valence-corrected chi connectivity index (χ0v) is 5.69. The van der Waals surface area contributed by atoms with Crippen LogP contribution in [0.1, 0.15) is 6.42 Å². The molecule has 0 radical (unpaired) electrons. The van der Waals surface area contributed by atoms with E-state index < -0.39 is 11.9 Å². The van der Waals surface area contributed by atoms with Gasteiger partial charge in [0.1, 0.15) is 0 Å². The summed E-state index contributed by atoms with van der Waals surface area (Å²) >= 11 is 5.33. The highest BCUT2D eigenvalue weighted by Crippen LogP contribution is 2.04. The molecule has 0 aliphatic carbocycles. The van der Waals surface area contributed by atoms with Crippen molar-refractivity contribution in [2.45, 2.75) is 12.5 Å². The van der Waals surface area contributed by atoms with E-state index in [2.05, 4.69) is 6.58 Å². The lowest BCUT2D eigenvalue weighted by atomic mass is 10.2. The van der Waals surface area contributed by atoms with Crippen LogP contribution < -0.4 is 11.5 Å². The molecule has 9 heavy (non-hydrogen) atoms. The Kier molecular flexibility index (Phi) is 3.27. The molecule has 4 N–H and O–H groups in total. The molecule has 0 bridgehead atoms. The van der Waals surface area contributed by atoms with Gasteiger partial charge in [-0.3, -0.25) is 4.79 Å². The Morgan fingerprint density at radius 3 is 2.33 bits per heavy atom. The van der Waals surface area contributed by atoms with Gasteiger partial charge in [0.25, 0.3) is 0 Å². The average Bonchev–Trinajstić information content (AvgIpc) is 1.63. The molecule has 0 saturated heterocycles. The number of carbonyl (C=O) groups is 1. The van der Waals surface area contributed by atoms with Crippen LogP contribution >= 0.6 is 11.6 Å². The summed E-state index contributed by atoms with van der Waals surface area (Å²) < 4.78 is 0. The Bertz CT molecular complexity index is 135. The molecule has 0 aromatic carbocycles. The molecule has 0 aromatic rings. The maximum absolute atomic E-state index is 10.2. The Labute approximate surface area is 58.7 Å². The van der Waals surface area contributed by atoms with E-state index in [1.165, 1.54) is 0 Å². The molecule has 1 amide bonds. The Balaban J connectivity index is 3.63. The van der Waals surface area contributed by atoms with Crippen LogP contribution in [-0.4, -0.2) is 11.9 Å². The van der Waals surface area contributed by atoms with Crippen LogP contribution in [0.4, 0.5) is 0 Å². The van der Waals surface area contributed by atoms with Crippen molar-refractivity contribution in [3.05, 3.63) is 11.6 Å². The van der Waals surface area contributed by atoms with Crippen molar-refractivity contribution in [1.82, 2.24) is 0 Å². The van der Waals surface area contributed by atoms with Crippen LogP contribution in [-0.2, 0) is 4.79 Å². The van der Waals surface area contributed by atoms with Gasteiger partial charge in [-0.15, -0.1) is 0 Å². The predicted octanol–water partition coefficient (Wildman–Crippen LogP) is -0.0584. The van der Waals surface area contributed by atoms with Gasteiger partial charge in [0.2, 0.25) is 5.91 Å². The van der Waals surface area contributed by atoms with Crippen molar-refractivity contribution in [3.8, 4) is 0 Å². The lowest BCUT2D eigenvalue weighted by molar-refractivity contribution is -0.119. The van der Waals surface area contributed by atoms with E-state index in [0.717, 1.165) is 0 Å². The minimum atomic E-state index is -0.699. The quantitative estimate of drug-likeness (QED) is 0.589. The predicted molar refractivity (Wildman–Crippen MR) is 36.8 cm³/mol. The van der Waals surface area contributed by atoms with Crippen LogP contribution in [0.3, 0.4) is 0 Å². The summed E-state index contributed by atoms with van der Waals surface area (Å²) in [5.74, 6) is -0.559. The highest BCUT2D eigenvalue weighted by Gasteiger charge is 2.08. The fraction of sp³-hybridized carbons (Fsp3) is 0.400. The van der Waals surface area contributed by atoms with Gasteiger partial charge in [-0.05, 0) is 0 Å². The molecule has 0 saturated carbocycles. The second-order valence-corrected chi connectivity index (χ2v) is 2.26. The van der Waals surface area contributed by atoms with Gasteiger partial charge in [-0.2, -0.15) is 0 Å². The van der Waals surface area contributed by atoms with Crippen molar-refractivity contribution in [1.29, 1.82) is 0 Å². The molecule has 0 unspecified atom stereocenters. The highest BCUT2D eigenvalue weighted by molar-refractivity contribution is 6.29. The molecule has 0 aromatic heterocycles. The Hall–Kier alpha value is -0.540. The average molecular weight is 149 g/mol. The molecule has 0 heterocycles. The van der Waals surface area contributed by atoms with E-state index in [1.807, 2.05) is 0 Å². The summed E-state index contributed by atoms with van der Waals surface area (Å²) in [6.45, 7) is 3.36. The topological polar surface area (TPSA) is 69.1 Å². The third kappa shape index (κ3) is 4.00. The number of amides is 1. The van der Waals surface area contributed by atoms with Crippen molar-refractivity contribution in [3.63, 3.8) is 0 Å². The fourth-order valence-electron chi connectivity index (χ4n) is 0.339. The summed E-state index contributed by atoms with van der Waals surface area (Å²) in [4.78, 5) is 10.2. The van der Waals surface area contributed by atoms with Crippen LogP contribution in [0.2, 0.25) is 0 Å². The third-order valence-corrected chi connectivity index (χ3v) is 0.961. The Morgan fingerprint density at radius 1 is 1.78 bits per heavy atom. The van der Waals surface area contributed by atoms with Gasteiger partial charge in [0.05, 0.1) is 6.04 Å². The first-order chi connectivity index (χ1) is 4.04. The van der Waals surface area contributed by atoms with Crippen molar-refractivity contribution < 1.29 is 4.79 Å². The maximum Gasteiger partial charge on any atom is 0.234 e. The molecule has 0 spiro atoms. The molecule has 4 heteroatoms. The summed E-state index contributed by atoms with van der Waals surface area (Å²) in [5.41, 5.74) is 10.0. The lowest BCUT2D eigenvalue weighted by Gasteiger charge is -2.03. The van der Waals surface area contributed by atoms with E-state index in [1.54, 1.807) is 0 Å². The maximum atomic E-state index is 10.2. The largest absolute Gasteiger partial charge is 0.368 e. The SMILES string of the molecule is C=C(Cl)C[C@H](N)C(N)=O. The minimum Gasteiger partial charge on any atom is -0.368 e. The first kappa shape index (κ1) is 8.46. The van der Waals surface area contributed by atoms with Crippen LogP contribution in [0.15, 0.2) is 11.6 Å². The second kappa shape index (κ2) is 3.48. The number of halogens is 1. The summed E-state index contributed by atoms with van der Waals surface area (Å²) in [6.07, 6.45) is 0.247. The first-order valence-corrected chi connectivity index (χ1v) is 2.80. The third-order valence-electron chi connectivity index (χ3n) is 0.807. The number of hydrogen-bond acceptors (Lipinski definition) is 2. The molecular weight excluding hydrogens is 140 g/mol. The van der Waals surface area contributed by atoms with Crippen LogP contribution in [0.25, 0.3) is 0 Å². The van der Waals surface area contributed by atoms with Crippen molar-refractivity contribution in [2.24, 2.45) is 11.5 Å². The number of hydrogen-bond donors (Lipinski definition) is 2. The van der Waals surface area contributed by atoms with Gasteiger partial charge >= 0.3 is 0 Å². The monoisotopic (exact) mass is 148 g/mol. The number of nitrogens with two attached hydrogens (primary N) is 2. The number of rotatable bonds is 3. The fourth-order valence-corrected chi connectivity index (χ4v) is 0.505. The van der Waals surface area contributed by atoms with Crippen molar-refractivity contribution in [2.75, 3.05) is 0 Å². The molecule has 0 fully saturated rings. The molecule has 0 aliphatic heterocycles. The number of primary amides is 1. The minimum absolute atomic E-state index is 0.247. The molecule has 0 rings (SSSR count). The first-order valence-electron chi connectivity index (χ1n) is 2.42. The summed E-state index contributed by atoms with van der Waals surface area (Å²) in [5, 5.41) is 0.348. The van der Waals surface area contributed by atoms with E-state index in [-0.39, 0.29) is 6.42 Å². The van der Waals surface area contributed by atoms with Crippen LogP contribution in [0, 0.1) is 0 Å². The molecule has 0 aliphatic rings. The standard InChI is InChI=1S/C5H9ClN2O/c1-3(6)2-4(7)5(8)9/h4H,1-2,7H2,(H2,8,9)/t4-/m0/s1. The number of carbonyl (C=O) groups excluding carboxylic acids is 1. The molecule has 1 atom stereocenters. The molecule has 3 nitrogen and oxygen atoms in total. The highest BCUT2D eigenvalue weighted by atomic mass is 35.5. The van der Waals surface area contributed by atoms with E-state index in [9.17, 15) is 4.79 Å². The van der Waals surface area contributed by atoms with E-state index in [0.29, 0.717) is 5.03 Å². The van der Waals surface area contributed by atoms with Gasteiger partial charge in [0.15, 0.2) is 0 Å². The van der Waals surface area contributed by atoms with Gasteiger partial charge < -0.3 is 11.5 Å². The van der Waals surface area contributed by atoms with E-state index >= 15 is 0 Å². The summed E-state index contributed by atoms with van der Waals surface area (Å²) in [6, 6.07) is -0.699. The summed E-state index contributed by atoms with van der Waals surface area (Å²) in [7, 11) is 0.